The van der Waals surface area contributed by atoms with Crippen molar-refractivity contribution >= 4 is 29.9 Å². The van der Waals surface area contributed by atoms with E-state index in [0.29, 0.717) is 18.9 Å². The molecule has 0 radical (unpaired) electrons. The van der Waals surface area contributed by atoms with E-state index in [2.05, 4.69) is 27.2 Å². The van der Waals surface area contributed by atoms with E-state index in [4.69, 9.17) is 14.3 Å². The summed E-state index contributed by atoms with van der Waals surface area (Å²) in [6.45, 7) is 12.3. The van der Waals surface area contributed by atoms with Crippen molar-refractivity contribution in [2.24, 2.45) is 4.99 Å². The molecule has 3 rings (SSSR count). The first kappa shape index (κ1) is 24.3. The van der Waals surface area contributed by atoms with Crippen LogP contribution in [0.2, 0.25) is 0 Å². The third-order valence-corrected chi connectivity index (χ3v) is 4.80. The topological polar surface area (TPSA) is 86.4 Å². The normalized spacial score (nSPS) is 15.0. The molecule has 9 heteroatoms. The second kappa shape index (κ2) is 12.0. The van der Waals surface area contributed by atoms with E-state index >= 15 is 0 Å². The van der Waals surface area contributed by atoms with Crippen molar-refractivity contribution in [2.45, 2.75) is 33.9 Å². The van der Waals surface area contributed by atoms with E-state index in [1.54, 1.807) is 6.07 Å². The van der Waals surface area contributed by atoms with Gasteiger partial charge in [0.25, 0.3) is 0 Å². The van der Waals surface area contributed by atoms with Gasteiger partial charge in [-0.25, -0.2) is 4.99 Å². The Kier molecular flexibility index (Phi) is 9.70. The highest BCUT2D eigenvalue weighted by atomic mass is 127. The first-order chi connectivity index (χ1) is 14.1. The minimum Gasteiger partial charge on any atom is -0.504 e. The maximum atomic E-state index is 9.87. The third kappa shape index (κ3) is 6.76. The fraction of sp³-hybridized carbons (Fsp3) is 0.524. The second-order valence-corrected chi connectivity index (χ2v) is 7.10. The maximum absolute atomic E-state index is 9.87. The molecule has 1 aromatic heterocycles. The van der Waals surface area contributed by atoms with Gasteiger partial charge in [-0.05, 0) is 38.5 Å². The lowest BCUT2D eigenvalue weighted by molar-refractivity contribution is 0.169. The summed E-state index contributed by atoms with van der Waals surface area (Å²) in [5.41, 5.74) is 1.98. The minimum absolute atomic E-state index is 0. The number of aromatic nitrogens is 1. The van der Waals surface area contributed by atoms with E-state index in [0.717, 1.165) is 62.2 Å². The number of guanidine groups is 1. The van der Waals surface area contributed by atoms with E-state index in [1.807, 2.05) is 32.0 Å². The standard InChI is InChI=1S/C21H31N5O3.HI/c1-4-22-21(23-14-17-6-7-19(27)20(13-17)28-5-2)26-10-8-25(9-11-26)15-18-12-16(3)29-24-18;/h6-7,12-13,27H,4-5,8-11,14-15H2,1-3H3,(H,22,23);1H. The fourth-order valence-electron chi connectivity index (χ4n) is 3.36. The Bertz CT molecular complexity index is 819. The molecule has 2 N–H and O–H groups in total. The monoisotopic (exact) mass is 529 g/mol. The molecule has 0 saturated carbocycles. The number of nitrogens with zero attached hydrogens (tertiary/aromatic N) is 4. The van der Waals surface area contributed by atoms with Crippen molar-refractivity contribution in [1.29, 1.82) is 0 Å². The molecule has 0 bridgehead atoms. The maximum Gasteiger partial charge on any atom is 0.194 e. The van der Waals surface area contributed by atoms with Crippen LogP contribution in [0.4, 0.5) is 0 Å². The first-order valence-corrected chi connectivity index (χ1v) is 10.2. The zero-order valence-corrected chi connectivity index (χ0v) is 20.3. The lowest BCUT2D eigenvalue weighted by Crippen LogP contribution is -2.52. The number of aromatic hydroxyl groups is 1. The van der Waals surface area contributed by atoms with E-state index in [1.165, 1.54) is 0 Å². The molecule has 1 aliphatic heterocycles. The van der Waals surface area contributed by atoms with Gasteiger partial charge in [0, 0.05) is 45.3 Å². The lowest BCUT2D eigenvalue weighted by atomic mass is 10.2. The zero-order valence-electron chi connectivity index (χ0n) is 17.9. The predicted octanol–water partition coefficient (Wildman–Crippen LogP) is 2.99. The van der Waals surface area contributed by atoms with Gasteiger partial charge in [0.1, 0.15) is 5.76 Å². The third-order valence-electron chi connectivity index (χ3n) is 4.80. The number of phenols is 1. The highest BCUT2D eigenvalue weighted by Crippen LogP contribution is 2.27. The first-order valence-electron chi connectivity index (χ1n) is 10.2. The molecule has 30 heavy (non-hydrogen) atoms. The van der Waals surface area contributed by atoms with E-state index < -0.39 is 0 Å². The number of hydrogen-bond acceptors (Lipinski definition) is 6. The number of nitrogens with one attached hydrogen (secondary N) is 1. The molecule has 1 aliphatic rings. The number of hydrogen-bond donors (Lipinski definition) is 2. The van der Waals surface area contributed by atoms with Gasteiger partial charge in [-0.3, -0.25) is 4.90 Å². The van der Waals surface area contributed by atoms with Crippen molar-refractivity contribution < 1.29 is 14.4 Å². The van der Waals surface area contributed by atoms with Crippen molar-refractivity contribution in [1.82, 2.24) is 20.3 Å². The minimum atomic E-state index is 0. The van der Waals surface area contributed by atoms with Crippen LogP contribution in [0.15, 0.2) is 33.8 Å². The Labute approximate surface area is 195 Å². The molecule has 166 valence electrons. The summed E-state index contributed by atoms with van der Waals surface area (Å²) in [6, 6.07) is 7.38. The number of rotatable bonds is 7. The van der Waals surface area contributed by atoms with Crippen LogP contribution in [0, 0.1) is 6.92 Å². The van der Waals surface area contributed by atoms with Gasteiger partial charge < -0.3 is 24.6 Å². The molecular formula is C21H32IN5O3. The van der Waals surface area contributed by atoms with Gasteiger partial charge in [0.2, 0.25) is 0 Å². The quantitative estimate of drug-likeness (QED) is 0.324. The highest BCUT2D eigenvalue weighted by molar-refractivity contribution is 14.0. The van der Waals surface area contributed by atoms with E-state index in [-0.39, 0.29) is 29.7 Å². The van der Waals surface area contributed by atoms with Crippen LogP contribution in [-0.2, 0) is 13.1 Å². The molecule has 1 saturated heterocycles. The number of aliphatic imine (C=N–C) groups is 1. The second-order valence-electron chi connectivity index (χ2n) is 7.10. The molecule has 0 spiro atoms. The summed E-state index contributed by atoms with van der Waals surface area (Å²) in [7, 11) is 0. The smallest absolute Gasteiger partial charge is 0.194 e. The van der Waals surface area contributed by atoms with Gasteiger partial charge in [0.05, 0.1) is 18.8 Å². The summed E-state index contributed by atoms with van der Waals surface area (Å²) >= 11 is 0. The molecule has 1 aromatic carbocycles. The molecule has 0 amide bonds. The fourth-order valence-corrected chi connectivity index (χ4v) is 3.36. The van der Waals surface area contributed by atoms with Crippen LogP contribution in [0.25, 0.3) is 0 Å². The molecule has 8 nitrogen and oxygen atoms in total. The Balaban J connectivity index is 0.00000320. The van der Waals surface area contributed by atoms with Crippen molar-refractivity contribution in [2.75, 3.05) is 39.3 Å². The zero-order chi connectivity index (χ0) is 20.6. The summed E-state index contributed by atoms with van der Waals surface area (Å²) in [5.74, 6) is 2.42. The van der Waals surface area contributed by atoms with Crippen LogP contribution in [0.1, 0.15) is 30.9 Å². The number of phenolic OH excluding ortho intramolecular Hbond substituents is 1. The molecule has 0 unspecified atom stereocenters. The Hall–Kier alpha value is -2.01. The number of aryl methyl sites for hydroxylation is 1. The Morgan fingerprint density at radius 1 is 1.23 bits per heavy atom. The number of halogens is 1. The highest BCUT2D eigenvalue weighted by Gasteiger charge is 2.20. The number of benzene rings is 1. The van der Waals surface area contributed by atoms with Crippen LogP contribution < -0.4 is 10.1 Å². The molecule has 0 atom stereocenters. The van der Waals surface area contributed by atoms with Crippen LogP contribution in [0.3, 0.4) is 0 Å². The van der Waals surface area contributed by atoms with Gasteiger partial charge in [-0.15, -0.1) is 24.0 Å². The van der Waals surface area contributed by atoms with Gasteiger partial charge in [-0.2, -0.15) is 0 Å². The SMILES string of the molecule is CCNC(=NCc1ccc(O)c(OCC)c1)N1CCN(Cc2cc(C)on2)CC1.I. The summed E-state index contributed by atoms with van der Waals surface area (Å²) in [5, 5.41) is 17.3. The Morgan fingerprint density at radius 3 is 2.63 bits per heavy atom. The molecule has 2 aromatic rings. The Morgan fingerprint density at radius 2 is 2.00 bits per heavy atom. The summed E-state index contributed by atoms with van der Waals surface area (Å²) in [4.78, 5) is 9.47. The molecule has 2 heterocycles. The molecule has 1 fully saturated rings. The molecule has 0 aliphatic carbocycles. The van der Waals surface area contributed by atoms with Crippen molar-refractivity contribution in [3.05, 3.63) is 41.3 Å². The van der Waals surface area contributed by atoms with Gasteiger partial charge in [-0.1, -0.05) is 11.2 Å². The molecular weight excluding hydrogens is 497 g/mol. The van der Waals surface area contributed by atoms with E-state index in [9.17, 15) is 5.11 Å². The largest absolute Gasteiger partial charge is 0.504 e. The summed E-state index contributed by atoms with van der Waals surface area (Å²) in [6.07, 6.45) is 0. The lowest BCUT2D eigenvalue weighted by Gasteiger charge is -2.36. The van der Waals surface area contributed by atoms with Crippen LogP contribution in [0.5, 0.6) is 11.5 Å². The van der Waals surface area contributed by atoms with Crippen LogP contribution >= 0.6 is 24.0 Å². The van der Waals surface area contributed by atoms with Crippen LogP contribution in [-0.4, -0.2) is 65.4 Å². The average Bonchev–Trinajstić information content (AvgIpc) is 3.13. The average molecular weight is 529 g/mol. The van der Waals surface area contributed by atoms with Gasteiger partial charge in [0.15, 0.2) is 17.5 Å². The van der Waals surface area contributed by atoms with Crippen molar-refractivity contribution in [3.8, 4) is 11.5 Å². The van der Waals surface area contributed by atoms with Gasteiger partial charge >= 0.3 is 0 Å². The number of ether oxygens (including phenoxy) is 1. The predicted molar refractivity (Wildman–Crippen MR) is 128 cm³/mol. The number of piperazine rings is 1. The van der Waals surface area contributed by atoms with Crippen molar-refractivity contribution in [3.63, 3.8) is 0 Å². The summed E-state index contributed by atoms with van der Waals surface area (Å²) < 4.78 is 10.6.